The van der Waals surface area contributed by atoms with E-state index in [9.17, 15) is 13.2 Å². The number of quaternary nitrogens is 1. The van der Waals surface area contributed by atoms with Gasteiger partial charge in [0.25, 0.3) is 5.91 Å². The number of hydrogen-bond donors (Lipinski definition) is 1. The summed E-state index contributed by atoms with van der Waals surface area (Å²) < 4.78 is 27.6. The molecular weight excluding hydrogens is 398 g/mol. The van der Waals surface area contributed by atoms with Gasteiger partial charge >= 0.3 is 0 Å². The highest BCUT2D eigenvalue weighted by molar-refractivity contribution is 7.89. The summed E-state index contributed by atoms with van der Waals surface area (Å²) in [6, 6.07) is 15.9. The Kier molecular flexibility index (Phi) is 6.22. The Morgan fingerprint density at radius 2 is 1.70 bits per heavy atom. The van der Waals surface area contributed by atoms with Gasteiger partial charge in [0.05, 0.1) is 4.90 Å². The van der Waals surface area contributed by atoms with Crippen LogP contribution >= 0.6 is 0 Å². The molecule has 2 aliphatic rings. The number of benzene rings is 2. The Balaban J connectivity index is 1.31. The number of fused-ring (bicyclic) bond motifs is 1. The molecule has 1 aliphatic carbocycles. The normalized spacial score (nSPS) is 18.2. The minimum absolute atomic E-state index is 0.0624. The van der Waals surface area contributed by atoms with Crippen LogP contribution in [0.4, 0.5) is 0 Å². The average Bonchev–Trinajstić information content (AvgIpc) is 3.26. The van der Waals surface area contributed by atoms with E-state index in [-0.39, 0.29) is 11.9 Å². The van der Waals surface area contributed by atoms with Crippen molar-refractivity contribution >= 4 is 15.9 Å². The predicted octanol–water partition coefficient (Wildman–Crippen LogP) is 1.33. The maximum absolute atomic E-state index is 13.1. The SMILES string of the molecule is C[C@H]([NH2+]CC(=O)N1CCN(S(=O)(=O)c2ccc3c(c2)CCC3)CC1)c1ccccc1. The number of rotatable bonds is 6. The molecule has 2 aromatic rings. The number of nitrogens with two attached hydrogens (primary N) is 1. The second-order valence-corrected chi connectivity index (χ2v) is 10.1. The zero-order chi connectivity index (χ0) is 21.1. The number of carbonyl (C=O) groups excluding carboxylic acids is 1. The Morgan fingerprint density at radius 3 is 2.43 bits per heavy atom. The second kappa shape index (κ2) is 8.88. The van der Waals surface area contributed by atoms with E-state index in [4.69, 9.17) is 0 Å². The summed E-state index contributed by atoms with van der Waals surface area (Å²) in [5.74, 6) is 0.0624. The lowest BCUT2D eigenvalue weighted by Gasteiger charge is -2.33. The summed E-state index contributed by atoms with van der Waals surface area (Å²) >= 11 is 0. The smallest absolute Gasteiger partial charge is 0.277 e. The molecule has 30 heavy (non-hydrogen) atoms. The molecule has 0 bridgehead atoms. The molecule has 0 radical (unpaired) electrons. The molecule has 1 aliphatic heterocycles. The highest BCUT2D eigenvalue weighted by Crippen LogP contribution is 2.26. The molecule has 0 unspecified atom stereocenters. The molecule has 1 fully saturated rings. The Bertz CT molecular complexity index is 1000. The molecule has 1 saturated heterocycles. The van der Waals surface area contributed by atoms with Gasteiger partial charge in [-0.3, -0.25) is 4.79 Å². The second-order valence-electron chi connectivity index (χ2n) is 8.21. The van der Waals surface area contributed by atoms with Gasteiger partial charge in [-0.15, -0.1) is 0 Å². The van der Waals surface area contributed by atoms with E-state index in [1.165, 1.54) is 15.4 Å². The van der Waals surface area contributed by atoms with Gasteiger partial charge in [-0.2, -0.15) is 4.31 Å². The lowest BCUT2D eigenvalue weighted by atomic mass is 10.1. The highest BCUT2D eigenvalue weighted by atomic mass is 32.2. The molecule has 160 valence electrons. The first-order valence-corrected chi connectivity index (χ1v) is 12.2. The topological polar surface area (TPSA) is 74.3 Å². The molecule has 0 aromatic heterocycles. The fourth-order valence-corrected chi connectivity index (χ4v) is 5.81. The van der Waals surface area contributed by atoms with Crippen molar-refractivity contribution in [2.75, 3.05) is 32.7 Å². The summed E-state index contributed by atoms with van der Waals surface area (Å²) in [7, 11) is -3.51. The number of aryl methyl sites for hydroxylation is 2. The van der Waals surface area contributed by atoms with Crippen molar-refractivity contribution in [3.05, 3.63) is 65.2 Å². The van der Waals surface area contributed by atoms with Crippen molar-refractivity contribution < 1.29 is 18.5 Å². The number of amides is 1. The van der Waals surface area contributed by atoms with Crippen LogP contribution < -0.4 is 5.32 Å². The number of nitrogens with zero attached hydrogens (tertiary/aromatic N) is 2. The molecule has 2 N–H and O–H groups in total. The average molecular weight is 429 g/mol. The lowest BCUT2D eigenvalue weighted by molar-refractivity contribution is -0.683. The number of sulfonamides is 1. The van der Waals surface area contributed by atoms with Crippen molar-refractivity contribution in [1.29, 1.82) is 0 Å². The summed E-state index contributed by atoms with van der Waals surface area (Å²) in [5, 5.41) is 2.03. The number of carbonyl (C=O) groups is 1. The molecule has 1 heterocycles. The van der Waals surface area contributed by atoms with Crippen LogP contribution in [-0.2, 0) is 27.7 Å². The molecule has 4 rings (SSSR count). The quantitative estimate of drug-likeness (QED) is 0.754. The monoisotopic (exact) mass is 428 g/mol. The molecule has 1 amide bonds. The molecule has 0 spiro atoms. The molecule has 7 heteroatoms. The first-order chi connectivity index (χ1) is 14.4. The summed E-state index contributed by atoms with van der Waals surface area (Å²) in [5.41, 5.74) is 3.62. The van der Waals surface area contributed by atoms with Crippen molar-refractivity contribution in [2.24, 2.45) is 0 Å². The minimum Gasteiger partial charge on any atom is -0.335 e. The first-order valence-electron chi connectivity index (χ1n) is 10.7. The Morgan fingerprint density at radius 1 is 1.00 bits per heavy atom. The van der Waals surface area contributed by atoms with E-state index in [2.05, 4.69) is 19.1 Å². The van der Waals surface area contributed by atoms with Gasteiger partial charge in [0.1, 0.15) is 6.04 Å². The van der Waals surface area contributed by atoms with Gasteiger partial charge in [-0.05, 0) is 49.4 Å². The standard InChI is InChI=1S/C23H29N3O3S/c1-18(19-6-3-2-4-7-19)24-17-23(27)25-12-14-26(15-13-25)30(28,29)22-11-10-20-8-5-9-21(20)16-22/h2-4,6-7,10-11,16,18,24H,5,8-9,12-15,17H2,1H3/p+1/t18-/m0/s1. The van der Waals surface area contributed by atoms with Crippen LogP contribution in [0.25, 0.3) is 0 Å². The zero-order valence-electron chi connectivity index (χ0n) is 17.5. The van der Waals surface area contributed by atoms with Crippen molar-refractivity contribution in [1.82, 2.24) is 9.21 Å². The van der Waals surface area contributed by atoms with Crippen LogP contribution in [0.15, 0.2) is 53.4 Å². The molecule has 1 atom stereocenters. The first kappa shape index (κ1) is 21.0. The third-order valence-electron chi connectivity index (χ3n) is 6.27. The van der Waals surface area contributed by atoms with Crippen molar-refractivity contribution in [3.8, 4) is 0 Å². The maximum atomic E-state index is 13.1. The van der Waals surface area contributed by atoms with Crippen LogP contribution in [0.1, 0.15) is 36.1 Å². The van der Waals surface area contributed by atoms with Crippen LogP contribution in [0.2, 0.25) is 0 Å². The van der Waals surface area contributed by atoms with E-state index < -0.39 is 10.0 Å². The highest BCUT2D eigenvalue weighted by Gasteiger charge is 2.31. The van der Waals surface area contributed by atoms with Gasteiger partial charge < -0.3 is 10.2 Å². The van der Waals surface area contributed by atoms with Crippen LogP contribution in [0, 0.1) is 0 Å². The largest absolute Gasteiger partial charge is 0.335 e. The van der Waals surface area contributed by atoms with E-state index in [1.807, 2.05) is 35.6 Å². The van der Waals surface area contributed by atoms with Crippen molar-refractivity contribution in [2.45, 2.75) is 37.1 Å². The van der Waals surface area contributed by atoms with Gasteiger partial charge in [-0.1, -0.05) is 36.4 Å². The predicted molar refractivity (Wildman–Crippen MR) is 115 cm³/mol. The van der Waals surface area contributed by atoms with Gasteiger partial charge in [-0.25, -0.2) is 8.42 Å². The van der Waals surface area contributed by atoms with Crippen molar-refractivity contribution in [3.63, 3.8) is 0 Å². The van der Waals surface area contributed by atoms with Gasteiger partial charge in [0.2, 0.25) is 10.0 Å². The maximum Gasteiger partial charge on any atom is 0.277 e. The van der Waals surface area contributed by atoms with Crippen LogP contribution in [-0.4, -0.2) is 56.3 Å². The van der Waals surface area contributed by atoms with E-state index in [1.54, 1.807) is 11.0 Å². The number of piperazine rings is 1. The van der Waals surface area contributed by atoms with Crippen LogP contribution in [0.3, 0.4) is 0 Å². The third-order valence-corrected chi connectivity index (χ3v) is 8.17. The van der Waals surface area contributed by atoms with E-state index in [0.29, 0.717) is 37.6 Å². The summed E-state index contributed by atoms with van der Waals surface area (Å²) in [6.45, 7) is 4.03. The van der Waals surface area contributed by atoms with Gasteiger partial charge in [0.15, 0.2) is 6.54 Å². The molecular formula is C23H30N3O3S+. The zero-order valence-corrected chi connectivity index (χ0v) is 18.3. The summed E-state index contributed by atoms with van der Waals surface area (Å²) in [6.07, 6.45) is 3.09. The fourth-order valence-electron chi connectivity index (χ4n) is 4.33. The third kappa shape index (κ3) is 4.43. The minimum atomic E-state index is -3.51. The fraction of sp³-hybridized carbons (Fsp3) is 0.435. The molecule has 6 nitrogen and oxygen atoms in total. The number of hydrogen-bond acceptors (Lipinski definition) is 3. The molecule has 2 aromatic carbocycles. The van der Waals surface area contributed by atoms with Crippen LogP contribution in [0.5, 0.6) is 0 Å². The summed E-state index contributed by atoms with van der Waals surface area (Å²) in [4.78, 5) is 14.8. The van der Waals surface area contributed by atoms with E-state index >= 15 is 0 Å². The lowest BCUT2D eigenvalue weighted by Crippen LogP contribution is -2.87. The Labute approximate surface area is 178 Å². The molecule has 0 saturated carbocycles. The van der Waals surface area contributed by atoms with Gasteiger partial charge in [0, 0.05) is 31.7 Å². The van der Waals surface area contributed by atoms with E-state index in [0.717, 1.165) is 24.8 Å². The Hall–Kier alpha value is -2.22.